The van der Waals surface area contributed by atoms with Crippen LogP contribution in [0.1, 0.15) is 6.92 Å². The molecular weight excluding hydrogens is 1780 g/mol. The first-order valence-corrected chi connectivity index (χ1v) is 10.9. The van der Waals surface area contributed by atoms with Crippen molar-refractivity contribution >= 4 is 10.8 Å². The molecule has 36 heavy (non-hydrogen) atoms. The number of rotatable bonds is 6. The first kappa shape index (κ1) is 50.5. The molecule has 6 radical (unpaired) electrons. The molecule has 1 aromatic carbocycles. The molecule has 1 aromatic rings. The Bertz CT molecular complexity index is 727. The average Bonchev–Trinajstić information content (AvgIpc) is 2.76. The van der Waals surface area contributed by atoms with E-state index in [1.165, 1.54) is 0 Å². The minimum absolute atomic E-state index is 0. The third kappa shape index (κ3) is 13.8. The van der Waals surface area contributed by atoms with E-state index in [4.69, 9.17) is 14.2 Å². The van der Waals surface area contributed by atoms with Gasteiger partial charge in [0.15, 0.2) is 6.29 Å². The quantitative estimate of drug-likeness (QED) is 0.183. The van der Waals surface area contributed by atoms with Gasteiger partial charge in [0.2, 0.25) is 0 Å². The fourth-order valence-electron chi connectivity index (χ4n) is 3.54. The van der Waals surface area contributed by atoms with Gasteiger partial charge in [-0.05, 0) is 12.1 Å². The second-order valence-corrected chi connectivity index (χ2v) is 9.06. The number of hydrogen-bond donors (Lipinski definition) is 6. The van der Waals surface area contributed by atoms with Gasteiger partial charge in [0, 0.05) is 275 Å². The molecule has 2 heterocycles. The van der Waals surface area contributed by atoms with Crippen LogP contribution in [0.4, 0.5) is 0 Å². The van der Waals surface area contributed by atoms with Crippen LogP contribution in [0.15, 0.2) is 35.2 Å². The Morgan fingerprint density at radius 1 is 0.778 bits per heavy atom. The maximum absolute atomic E-state index is 12.9. The normalized spacial score (nSPS) is 36.1. The van der Waals surface area contributed by atoms with Crippen molar-refractivity contribution in [2.45, 2.75) is 66.3 Å². The van der Waals surface area contributed by atoms with E-state index in [9.17, 15) is 34.8 Å². The van der Waals surface area contributed by atoms with E-state index in [0.717, 1.165) is 0 Å². The number of ether oxygens (including phenoxy) is 3. The molecular formula is C19H28Ac6O10S. The number of aliphatic hydroxyl groups excluding tert-OH is 6. The summed E-state index contributed by atoms with van der Waals surface area (Å²) in [6.07, 6.45) is -11.0. The van der Waals surface area contributed by atoms with Gasteiger partial charge in [-0.1, -0.05) is 25.1 Å². The third-order valence-corrected chi connectivity index (χ3v) is 7.17. The van der Waals surface area contributed by atoms with E-state index in [1.807, 2.05) is 0 Å². The van der Waals surface area contributed by atoms with E-state index >= 15 is 0 Å². The predicted octanol–water partition coefficient (Wildman–Crippen LogP) is -2.31. The Morgan fingerprint density at radius 2 is 1.31 bits per heavy atom. The fourth-order valence-corrected chi connectivity index (χ4v) is 5.02. The number of benzene rings is 1. The summed E-state index contributed by atoms with van der Waals surface area (Å²) in [5.74, 6) is -0.635. The Balaban J connectivity index is -0.000000853. The van der Waals surface area contributed by atoms with E-state index in [-0.39, 0.29) is 271 Å². The largest absolute Gasteiger partial charge is 0.394 e. The minimum Gasteiger partial charge on any atom is -0.394 e. The van der Waals surface area contributed by atoms with Crippen molar-refractivity contribution in [1.82, 2.24) is 0 Å². The van der Waals surface area contributed by atoms with Crippen LogP contribution in [0.5, 0.6) is 0 Å². The monoisotopic (exact) mass is 1810 g/mol. The van der Waals surface area contributed by atoms with Crippen molar-refractivity contribution in [2.75, 3.05) is 13.2 Å². The molecule has 3 rings (SSSR count). The fraction of sp³-hybridized carbons (Fsp3) is 0.684. The van der Waals surface area contributed by atoms with Crippen molar-refractivity contribution in [1.29, 1.82) is 0 Å². The second-order valence-electron chi connectivity index (χ2n) is 7.52. The molecule has 0 amide bonds. The van der Waals surface area contributed by atoms with Crippen molar-refractivity contribution in [3.05, 3.63) is 30.3 Å². The van der Waals surface area contributed by atoms with E-state index < -0.39 is 77.8 Å². The van der Waals surface area contributed by atoms with Crippen molar-refractivity contribution in [3.8, 4) is 0 Å². The first-order valence-electron chi connectivity index (χ1n) is 9.65. The van der Waals surface area contributed by atoms with Crippen molar-refractivity contribution < 1.29 is 313 Å². The second kappa shape index (κ2) is 25.7. The minimum atomic E-state index is -1.62. The molecule has 188 valence electrons. The summed E-state index contributed by atoms with van der Waals surface area (Å²) in [4.78, 5) is 0.506. The molecule has 0 spiro atoms. The van der Waals surface area contributed by atoms with Crippen molar-refractivity contribution in [3.63, 3.8) is 0 Å². The molecule has 17 heteroatoms. The summed E-state index contributed by atoms with van der Waals surface area (Å²) < 4.78 is 29.4. The smallest absolute Gasteiger partial charge is 0.186 e. The van der Waals surface area contributed by atoms with Crippen LogP contribution in [0.3, 0.4) is 0 Å². The Morgan fingerprint density at radius 3 is 1.83 bits per heavy atom. The van der Waals surface area contributed by atoms with Gasteiger partial charge in [-0.15, -0.1) is 0 Å². The zero-order chi connectivity index (χ0) is 22.0. The van der Waals surface area contributed by atoms with Crippen LogP contribution in [0.2, 0.25) is 0 Å². The zero-order valence-electron chi connectivity index (χ0n) is 19.8. The molecule has 2 aliphatic rings. The maximum Gasteiger partial charge on any atom is 0.186 e. The zero-order valence-corrected chi connectivity index (χ0v) is 49.1. The van der Waals surface area contributed by atoms with Gasteiger partial charge in [0.25, 0.3) is 0 Å². The summed E-state index contributed by atoms with van der Waals surface area (Å²) in [5.41, 5.74) is -0.922. The van der Waals surface area contributed by atoms with Gasteiger partial charge in [-0.2, -0.15) is 0 Å². The summed E-state index contributed by atoms with van der Waals surface area (Å²) >= 11 is 0. The average molecular weight is 1810 g/mol. The van der Waals surface area contributed by atoms with Crippen LogP contribution in [-0.4, -0.2) is 103 Å². The molecule has 11 atom stereocenters. The topological polar surface area (TPSA) is 166 Å². The molecule has 11 unspecified atom stereocenters. The molecule has 10 nitrogen and oxygen atoms in total. The molecule has 0 aliphatic carbocycles. The summed E-state index contributed by atoms with van der Waals surface area (Å²) in [6, 6.07) is 8.57. The molecule has 2 saturated heterocycles. The summed E-state index contributed by atoms with van der Waals surface area (Å²) in [5, 5.41) is 59.8. The number of hydrogen-bond acceptors (Lipinski definition) is 10. The molecule has 0 bridgehead atoms. The van der Waals surface area contributed by atoms with Crippen LogP contribution >= 0.6 is 0 Å². The van der Waals surface area contributed by atoms with Crippen LogP contribution in [-0.2, 0) is 25.0 Å². The molecule has 0 aromatic heterocycles. The third-order valence-electron chi connectivity index (χ3n) is 5.47. The molecule has 6 N–H and O–H groups in total. The molecule has 2 fully saturated rings. The Hall–Kier alpha value is 7.66. The maximum atomic E-state index is 12.9. The van der Waals surface area contributed by atoms with Gasteiger partial charge < -0.3 is 44.8 Å². The van der Waals surface area contributed by atoms with Gasteiger partial charge >= 0.3 is 0 Å². The Kier molecular flexibility index (Phi) is 36.1. The van der Waals surface area contributed by atoms with Crippen LogP contribution < -0.4 is 0 Å². The molecule has 0 saturated carbocycles. The number of aliphatic hydroxyl groups is 6. The summed E-state index contributed by atoms with van der Waals surface area (Å²) in [6.45, 7) is 0.645. The Labute approximate surface area is 428 Å². The van der Waals surface area contributed by atoms with Crippen LogP contribution in [0, 0.1) is 270 Å². The summed E-state index contributed by atoms with van der Waals surface area (Å²) in [7, 11) is -1.62. The van der Waals surface area contributed by atoms with Gasteiger partial charge in [0.1, 0.15) is 42.1 Å². The SMILES string of the molecule is CC1C(O)C(O)C(COC2OC(CO)C(O)C(O)C2O)OC1S(=O)c1ccccc1.[Ac].[Ac].[Ac].[Ac].[Ac].[Ac]. The van der Waals surface area contributed by atoms with Gasteiger partial charge in [-0.25, -0.2) is 0 Å². The van der Waals surface area contributed by atoms with E-state index in [1.54, 1.807) is 37.3 Å². The van der Waals surface area contributed by atoms with E-state index in [2.05, 4.69) is 0 Å². The predicted molar refractivity (Wildman–Crippen MR) is 102 cm³/mol. The van der Waals surface area contributed by atoms with Gasteiger partial charge in [0.05, 0.1) is 30.1 Å². The molecule has 2 aliphatic heterocycles. The van der Waals surface area contributed by atoms with Gasteiger partial charge in [-0.3, -0.25) is 4.21 Å². The van der Waals surface area contributed by atoms with Crippen molar-refractivity contribution in [2.24, 2.45) is 5.92 Å². The standard InChI is InChI=1S/C19H28O10S.6Ac/c1-9-13(21)15(23)12(29-19(9)30(26)10-5-3-2-4-6-10)8-27-18-17(25)16(24)14(22)11(7-20)28-18;;;;;;/h2-6,9,11-25H,7-8H2,1H3;;;;;;. The first-order chi connectivity index (χ1) is 14.3. The van der Waals surface area contributed by atoms with Crippen LogP contribution in [0.25, 0.3) is 0 Å². The van der Waals surface area contributed by atoms with E-state index in [0.29, 0.717) is 4.90 Å².